The molecule has 0 unspecified atom stereocenters. The fourth-order valence-corrected chi connectivity index (χ4v) is 2.32. The number of nitrogens with zero attached hydrogens (tertiary/aromatic N) is 3. The van der Waals surface area contributed by atoms with E-state index in [0.29, 0.717) is 11.6 Å². The van der Waals surface area contributed by atoms with E-state index < -0.39 is 0 Å². The van der Waals surface area contributed by atoms with E-state index in [2.05, 4.69) is 10.3 Å². The van der Waals surface area contributed by atoms with E-state index in [1.165, 1.54) is 0 Å². The Labute approximate surface area is 114 Å². The molecule has 0 atom stereocenters. The molecule has 0 radical (unpaired) electrons. The molecule has 0 aliphatic carbocycles. The lowest BCUT2D eigenvalue weighted by Gasteiger charge is -2.02. The van der Waals surface area contributed by atoms with Gasteiger partial charge in [0.2, 0.25) is 0 Å². The zero-order chi connectivity index (χ0) is 13.4. The molecular weight excluding hydrogens is 266 g/mol. The molecule has 3 aromatic rings. The van der Waals surface area contributed by atoms with Crippen LogP contribution >= 0.6 is 11.6 Å². The van der Waals surface area contributed by atoms with Crippen molar-refractivity contribution in [3.63, 3.8) is 0 Å². The first-order valence-electron chi connectivity index (χ1n) is 5.85. The standard InChI is InChI=1S/C13H12ClN3O2/c1-8-12(16-19-15-8)6-17-5-9(7-18)11-3-2-10(14)4-13(11)17/h2-5,18H,6-7H2,1H3. The fourth-order valence-electron chi connectivity index (χ4n) is 2.15. The fraction of sp³-hybridized carbons (Fsp3) is 0.231. The van der Waals surface area contributed by atoms with E-state index in [4.69, 9.17) is 16.2 Å². The number of benzene rings is 1. The summed E-state index contributed by atoms with van der Waals surface area (Å²) in [6.07, 6.45) is 1.90. The van der Waals surface area contributed by atoms with Crippen molar-refractivity contribution in [3.8, 4) is 0 Å². The minimum Gasteiger partial charge on any atom is -0.392 e. The second kappa shape index (κ2) is 4.68. The van der Waals surface area contributed by atoms with Crippen LogP contribution in [0.25, 0.3) is 10.9 Å². The molecule has 98 valence electrons. The summed E-state index contributed by atoms with van der Waals surface area (Å²) in [5.41, 5.74) is 3.34. The summed E-state index contributed by atoms with van der Waals surface area (Å²) in [7, 11) is 0. The number of aliphatic hydroxyl groups is 1. The van der Waals surface area contributed by atoms with Crippen molar-refractivity contribution < 1.29 is 9.74 Å². The maximum absolute atomic E-state index is 9.41. The van der Waals surface area contributed by atoms with E-state index in [0.717, 1.165) is 27.9 Å². The van der Waals surface area contributed by atoms with Gasteiger partial charge in [0, 0.05) is 22.2 Å². The Bertz CT molecular complexity index is 733. The molecule has 0 spiro atoms. The van der Waals surface area contributed by atoms with Gasteiger partial charge in [0.25, 0.3) is 0 Å². The lowest BCUT2D eigenvalue weighted by atomic mass is 10.2. The topological polar surface area (TPSA) is 64.1 Å². The smallest absolute Gasteiger partial charge is 0.127 e. The van der Waals surface area contributed by atoms with Crippen LogP contribution in [0.4, 0.5) is 0 Å². The monoisotopic (exact) mass is 277 g/mol. The molecule has 3 rings (SSSR count). The molecule has 2 heterocycles. The van der Waals surface area contributed by atoms with E-state index in [1.54, 1.807) is 0 Å². The first-order valence-corrected chi connectivity index (χ1v) is 6.23. The maximum atomic E-state index is 9.41. The molecule has 0 amide bonds. The predicted octanol–water partition coefficient (Wildman–Crippen LogP) is 2.53. The number of aryl methyl sites for hydroxylation is 1. The molecular formula is C13H12ClN3O2. The Balaban J connectivity index is 2.12. The van der Waals surface area contributed by atoms with Crippen molar-refractivity contribution >= 4 is 22.5 Å². The predicted molar refractivity (Wildman–Crippen MR) is 71.0 cm³/mol. The van der Waals surface area contributed by atoms with Crippen LogP contribution in [-0.4, -0.2) is 20.0 Å². The minimum atomic E-state index is -0.0127. The highest BCUT2D eigenvalue weighted by Gasteiger charge is 2.12. The van der Waals surface area contributed by atoms with E-state index in [9.17, 15) is 5.11 Å². The number of aromatic nitrogens is 3. The SMILES string of the molecule is Cc1nonc1Cn1cc(CO)c2ccc(Cl)cc21. The van der Waals surface area contributed by atoms with Crippen LogP contribution in [0.3, 0.4) is 0 Å². The molecule has 0 saturated heterocycles. The highest BCUT2D eigenvalue weighted by Crippen LogP contribution is 2.25. The van der Waals surface area contributed by atoms with Crippen molar-refractivity contribution in [1.29, 1.82) is 0 Å². The van der Waals surface area contributed by atoms with Crippen molar-refractivity contribution in [1.82, 2.24) is 14.9 Å². The summed E-state index contributed by atoms with van der Waals surface area (Å²) in [6, 6.07) is 5.60. The molecule has 0 fully saturated rings. The van der Waals surface area contributed by atoms with Crippen LogP contribution in [-0.2, 0) is 13.2 Å². The van der Waals surface area contributed by atoms with Crippen LogP contribution in [0.5, 0.6) is 0 Å². The Morgan fingerprint density at radius 1 is 1.37 bits per heavy atom. The van der Waals surface area contributed by atoms with Crippen molar-refractivity contribution in [3.05, 3.63) is 46.4 Å². The first-order chi connectivity index (χ1) is 9.19. The number of halogens is 1. The molecule has 2 aromatic heterocycles. The molecule has 1 aromatic carbocycles. The van der Waals surface area contributed by atoms with E-state index in [1.807, 2.05) is 35.9 Å². The third kappa shape index (κ3) is 2.11. The van der Waals surface area contributed by atoms with Crippen molar-refractivity contribution in [2.75, 3.05) is 0 Å². The number of aliphatic hydroxyl groups excluding tert-OH is 1. The zero-order valence-electron chi connectivity index (χ0n) is 10.3. The lowest BCUT2D eigenvalue weighted by Crippen LogP contribution is -2.00. The van der Waals surface area contributed by atoms with Gasteiger partial charge in [-0.15, -0.1) is 0 Å². The zero-order valence-corrected chi connectivity index (χ0v) is 11.1. The van der Waals surface area contributed by atoms with Gasteiger partial charge in [-0.3, -0.25) is 0 Å². The van der Waals surface area contributed by atoms with Crippen molar-refractivity contribution in [2.45, 2.75) is 20.1 Å². The Morgan fingerprint density at radius 3 is 2.89 bits per heavy atom. The molecule has 0 aliphatic heterocycles. The Morgan fingerprint density at radius 2 is 2.21 bits per heavy atom. The summed E-state index contributed by atoms with van der Waals surface area (Å²) in [5.74, 6) is 0. The Kier molecular flexibility index (Phi) is 3.00. The number of fused-ring (bicyclic) bond motifs is 1. The average molecular weight is 278 g/mol. The van der Waals surface area contributed by atoms with Gasteiger partial charge in [0.15, 0.2) is 0 Å². The second-order valence-electron chi connectivity index (χ2n) is 4.40. The lowest BCUT2D eigenvalue weighted by molar-refractivity contribution is 0.283. The van der Waals surface area contributed by atoms with Crippen LogP contribution in [0, 0.1) is 6.92 Å². The third-order valence-corrected chi connectivity index (χ3v) is 3.40. The van der Waals surface area contributed by atoms with Crippen LogP contribution < -0.4 is 0 Å². The molecule has 1 N–H and O–H groups in total. The molecule has 0 saturated carbocycles. The highest BCUT2D eigenvalue weighted by molar-refractivity contribution is 6.31. The van der Waals surface area contributed by atoms with Gasteiger partial charge in [-0.2, -0.15) is 0 Å². The molecule has 6 heteroatoms. The van der Waals surface area contributed by atoms with E-state index >= 15 is 0 Å². The second-order valence-corrected chi connectivity index (χ2v) is 4.83. The van der Waals surface area contributed by atoms with Crippen LogP contribution in [0.2, 0.25) is 5.02 Å². The highest BCUT2D eigenvalue weighted by atomic mass is 35.5. The van der Waals surface area contributed by atoms with E-state index in [-0.39, 0.29) is 6.61 Å². The van der Waals surface area contributed by atoms with Gasteiger partial charge >= 0.3 is 0 Å². The number of rotatable bonds is 3. The average Bonchev–Trinajstić information content (AvgIpc) is 2.95. The largest absolute Gasteiger partial charge is 0.392 e. The summed E-state index contributed by atoms with van der Waals surface area (Å²) < 4.78 is 6.68. The summed E-state index contributed by atoms with van der Waals surface area (Å²) in [6.45, 7) is 2.37. The molecule has 5 nitrogen and oxygen atoms in total. The number of hydrogen-bond acceptors (Lipinski definition) is 4. The number of hydrogen-bond donors (Lipinski definition) is 1. The van der Waals surface area contributed by atoms with Crippen LogP contribution in [0.1, 0.15) is 17.0 Å². The van der Waals surface area contributed by atoms with Crippen molar-refractivity contribution in [2.24, 2.45) is 0 Å². The summed E-state index contributed by atoms with van der Waals surface area (Å²) in [5, 5.41) is 18.7. The maximum Gasteiger partial charge on any atom is 0.127 e. The Hall–Kier alpha value is -1.85. The van der Waals surface area contributed by atoms with Gasteiger partial charge in [0.05, 0.1) is 18.7 Å². The van der Waals surface area contributed by atoms with Gasteiger partial charge in [-0.1, -0.05) is 28.0 Å². The molecule has 0 aliphatic rings. The van der Waals surface area contributed by atoms with Gasteiger partial charge in [-0.05, 0) is 19.1 Å². The molecule has 19 heavy (non-hydrogen) atoms. The summed E-state index contributed by atoms with van der Waals surface area (Å²) in [4.78, 5) is 0. The molecule has 0 bridgehead atoms. The van der Waals surface area contributed by atoms with Gasteiger partial charge < -0.3 is 9.67 Å². The quantitative estimate of drug-likeness (QED) is 0.799. The minimum absolute atomic E-state index is 0.0127. The van der Waals surface area contributed by atoms with Crippen LogP contribution in [0.15, 0.2) is 29.0 Å². The van der Waals surface area contributed by atoms with Gasteiger partial charge in [-0.25, -0.2) is 4.63 Å². The normalized spacial score (nSPS) is 11.3. The summed E-state index contributed by atoms with van der Waals surface area (Å²) >= 11 is 6.03. The van der Waals surface area contributed by atoms with Gasteiger partial charge in [0.1, 0.15) is 11.4 Å². The first kappa shape index (κ1) is 12.2. The third-order valence-electron chi connectivity index (χ3n) is 3.16.